The minimum Gasteiger partial charge on any atom is -0.292 e. The molecule has 0 unspecified atom stereocenters. The summed E-state index contributed by atoms with van der Waals surface area (Å²) in [5, 5.41) is 8.82. The van der Waals surface area contributed by atoms with E-state index in [0.29, 0.717) is 0 Å². The van der Waals surface area contributed by atoms with Crippen molar-refractivity contribution in [2.45, 2.75) is 6.36 Å². The Kier molecular flexibility index (Phi) is 5.07. The Morgan fingerprint density at radius 1 is 1.26 bits per heavy atom. The topological polar surface area (TPSA) is 74.2 Å². The molecule has 1 amide bonds. The van der Waals surface area contributed by atoms with Crippen molar-refractivity contribution in [2.24, 2.45) is 0 Å². The Morgan fingerprint density at radius 3 is 2.47 bits per heavy atom. The molecule has 0 radical (unpaired) electrons. The predicted octanol–water partition coefficient (Wildman–Crippen LogP) is 1.79. The summed E-state index contributed by atoms with van der Waals surface area (Å²) in [7, 11) is 0. The molecule has 0 aliphatic carbocycles. The standard InChI is InChI=1S/C11H10F3N3O2/c12-11(13,14)19-17-10(15)16-9(18)7-6-8-4-2-1-3-5-8/h1-7H,(H3,15,16,17,18)/b7-6+. The first-order valence-electron chi connectivity index (χ1n) is 5.00. The van der Waals surface area contributed by atoms with Gasteiger partial charge in [0.2, 0.25) is 5.96 Å². The maximum absolute atomic E-state index is 11.6. The van der Waals surface area contributed by atoms with Crippen LogP contribution in [-0.4, -0.2) is 18.2 Å². The minimum absolute atomic E-state index is 0.740. The number of carbonyl (C=O) groups is 1. The lowest BCUT2D eigenvalue weighted by Gasteiger charge is -2.09. The molecule has 0 heterocycles. The van der Waals surface area contributed by atoms with Gasteiger partial charge in [0.1, 0.15) is 0 Å². The van der Waals surface area contributed by atoms with Gasteiger partial charge in [-0.2, -0.15) is 4.84 Å². The minimum atomic E-state index is -4.93. The van der Waals surface area contributed by atoms with Crippen LogP contribution in [-0.2, 0) is 9.63 Å². The number of amides is 1. The molecule has 1 rings (SSSR count). The molecule has 0 spiro atoms. The molecule has 0 aliphatic rings. The molecule has 0 atom stereocenters. The zero-order valence-electron chi connectivity index (χ0n) is 9.49. The number of hydrogen-bond donors (Lipinski definition) is 3. The molecule has 1 aromatic rings. The Hall–Kier alpha value is -2.35. The summed E-state index contributed by atoms with van der Waals surface area (Å²) in [6.07, 6.45) is -2.40. The smallest absolute Gasteiger partial charge is 0.292 e. The van der Waals surface area contributed by atoms with Crippen molar-refractivity contribution in [3.8, 4) is 0 Å². The molecule has 102 valence electrons. The van der Waals surface area contributed by atoms with E-state index in [0.717, 1.165) is 11.6 Å². The summed E-state index contributed by atoms with van der Waals surface area (Å²) in [5.41, 5.74) is 1.98. The molecule has 3 N–H and O–H groups in total. The van der Waals surface area contributed by atoms with Crippen molar-refractivity contribution in [1.82, 2.24) is 10.8 Å². The van der Waals surface area contributed by atoms with E-state index in [1.807, 2.05) is 5.32 Å². The second-order valence-corrected chi connectivity index (χ2v) is 3.26. The fourth-order valence-corrected chi connectivity index (χ4v) is 1.04. The van der Waals surface area contributed by atoms with Gasteiger partial charge in [-0.1, -0.05) is 30.3 Å². The highest BCUT2D eigenvalue weighted by Gasteiger charge is 2.30. The van der Waals surface area contributed by atoms with Crippen LogP contribution in [0.15, 0.2) is 36.4 Å². The highest BCUT2D eigenvalue weighted by atomic mass is 19.4. The number of halogens is 3. The van der Waals surface area contributed by atoms with Gasteiger partial charge in [-0.05, 0) is 11.6 Å². The maximum Gasteiger partial charge on any atom is 0.543 e. The molecule has 0 aromatic heterocycles. The van der Waals surface area contributed by atoms with Gasteiger partial charge in [0, 0.05) is 6.08 Å². The van der Waals surface area contributed by atoms with Gasteiger partial charge in [0.05, 0.1) is 0 Å². The molecular formula is C11H10F3N3O2. The quantitative estimate of drug-likeness (QED) is 0.340. The van der Waals surface area contributed by atoms with E-state index in [2.05, 4.69) is 4.84 Å². The average molecular weight is 273 g/mol. The van der Waals surface area contributed by atoms with Gasteiger partial charge < -0.3 is 0 Å². The van der Waals surface area contributed by atoms with E-state index in [1.54, 1.807) is 30.3 Å². The highest BCUT2D eigenvalue weighted by Crippen LogP contribution is 2.13. The molecule has 8 heteroatoms. The van der Waals surface area contributed by atoms with Gasteiger partial charge in [-0.15, -0.1) is 13.2 Å². The molecule has 0 fully saturated rings. The van der Waals surface area contributed by atoms with E-state index in [4.69, 9.17) is 5.41 Å². The largest absolute Gasteiger partial charge is 0.543 e. The second kappa shape index (κ2) is 6.55. The Balaban J connectivity index is 2.39. The van der Waals surface area contributed by atoms with E-state index < -0.39 is 18.2 Å². The van der Waals surface area contributed by atoms with Crippen molar-refractivity contribution >= 4 is 17.9 Å². The van der Waals surface area contributed by atoms with Gasteiger partial charge >= 0.3 is 6.36 Å². The number of guanidine groups is 1. The van der Waals surface area contributed by atoms with Crippen LogP contribution in [0.3, 0.4) is 0 Å². The maximum atomic E-state index is 11.6. The van der Waals surface area contributed by atoms with Crippen LogP contribution >= 0.6 is 0 Å². The lowest BCUT2D eigenvalue weighted by molar-refractivity contribution is -0.341. The predicted molar refractivity (Wildman–Crippen MR) is 61.6 cm³/mol. The van der Waals surface area contributed by atoms with Gasteiger partial charge in [0.15, 0.2) is 0 Å². The van der Waals surface area contributed by atoms with Crippen molar-refractivity contribution in [3.05, 3.63) is 42.0 Å². The second-order valence-electron chi connectivity index (χ2n) is 3.26. The van der Waals surface area contributed by atoms with Crippen LogP contribution < -0.4 is 10.8 Å². The number of rotatable bonds is 3. The monoisotopic (exact) mass is 273 g/mol. The summed E-state index contributed by atoms with van der Waals surface area (Å²) in [6, 6.07) is 8.79. The number of alkyl halides is 3. The SMILES string of the molecule is N=C(NOC(F)(F)F)NC(=O)/C=C/c1ccccc1. The van der Waals surface area contributed by atoms with Crippen LogP contribution in [0.4, 0.5) is 13.2 Å². The number of hydrogen-bond acceptors (Lipinski definition) is 3. The van der Waals surface area contributed by atoms with E-state index in [-0.39, 0.29) is 0 Å². The fraction of sp³-hybridized carbons (Fsp3) is 0.0909. The first-order valence-corrected chi connectivity index (χ1v) is 5.00. The zero-order valence-corrected chi connectivity index (χ0v) is 9.49. The van der Waals surface area contributed by atoms with Gasteiger partial charge in [-0.3, -0.25) is 15.5 Å². The number of carbonyl (C=O) groups excluding carboxylic acids is 1. The number of nitrogens with one attached hydrogen (secondary N) is 3. The van der Waals surface area contributed by atoms with Crippen LogP contribution in [0.1, 0.15) is 5.56 Å². The van der Waals surface area contributed by atoms with Crippen molar-refractivity contribution in [1.29, 1.82) is 5.41 Å². The highest BCUT2D eigenvalue weighted by molar-refractivity contribution is 6.02. The van der Waals surface area contributed by atoms with Crippen LogP contribution in [0.5, 0.6) is 0 Å². The van der Waals surface area contributed by atoms with E-state index >= 15 is 0 Å². The average Bonchev–Trinajstić information content (AvgIpc) is 2.34. The van der Waals surface area contributed by atoms with Gasteiger partial charge in [-0.25, -0.2) is 5.48 Å². The molecular weight excluding hydrogens is 263 g/mol. The third kappa shape index (κ3) is 6.84. The fourth-order valence-electron chi connectivity index (χ4n) is 1.04. The van der Waals surface area contributed by atoms with Crippen molar-refractivity contribution in [2.75, 3.05) is 0 Å². The molecule has 19 heavy (non-hydrogen) atoms. The lowest BCUT2D eigenvalue weighted by atomic mass is 10.2. The number of benzene rings is 1. The first kappa shape index (κ1) is 14.7. The number of hydroxylamine groups is 1. The van der Waals surface area contributed by atoms with E-state index in [1.165, 1.54) is 11.6 Å². The van der Waals surface area contributed by atoms with Crippen LogP contribution in [0.2, 0.25) is 0 Å². The molecule has 0 bridgehead atoms. The Labute approximate surface area is 106 Å². The third-order valence-corrected chi connectivity index (χ3v) is 1.74. The van der Waals surface area contributed by atoms with Crippen molar-refractivity contribution < 1.29 is 22.8 Å². The zero-order chi connectivity index (χ0) is 14.3. The van der Waals surface area contributed by atoms with Crippen LogP contribution in [0.25, 0.3) is 6.08 Å². The molecule has 0 saturated carbocycles. The van der Waals surface area contributed by atoms with E-state index in [9.17, 15) is 18.0 Å². The normalized spacial score (nSPS) is 11.3. The summed E-state index contributed by atoms with van der Waals surface area (Å²) >= 11 is 0. The molecule has 1 aromatic carbocycles. The Bertz CT molecular complexity index is 472. The lowest BCUT2D eigenvalue weighted by Crippen LogP contribution is -2.41. The Morgan fingerprint density at radius 2 is 1.89 bits per heavy atom. The third-order valence-electron chi connectivity index (χ3n) is 1.74. The summed E-state index contributed by atoms with van der Waals surface area (Å²) in [4.78, 5) is 14.4. The van der Waals surface area contributed by atoms with Crippen LogP contribution in [0, 0.1) is 5.41 Å². The summed E-state index contributed by atoms with van der Waals surface area (Å²) in [6.45, 7) is 0. The molecule has 5 nitrogen and oxygen atoms in total. The van der Waals surface area contributed by atoms with Gasteiger partial charge in [0.25, 0.3) is 5.91 Å². The summed E-state index contributed by atoms with van der Waals surface area (Å²) in [5.74, 6) is -1.67. The first-order chi connectivity index (χ1) is 8.87. The summed E-state index contributed by atoms with van der Waals surface area (Å²) < 4.78 is 34.8. The van der Waals surface area contributed by atoms with Crippen molar-refractivity contribution in [3.63, 3.8) is 0 Å². The molecule has 0 saturated heterocycles. The molecule has 0 aliphatic heterocycles.